The average molecular weight is 303 g/mol. The van der Waals surface area contributed by atoms with E-state index in [0.717, 1.165) is 0 Å². The van der Waals surface area contributed by atoms with Crippen molar-refractivity contribution in [2.45, 2.75) is 105 Å². The molecule has 0 nitrogen and oxygen atoms in total. The minimum atomic E-state index is 1.18. The van der Waals surface area contributed by atoms with E-state index in [1.54, 1.807) is 27.8 Å². The molecule has 0 aliphatic carbocycles. The average Bonchev–Trinajstić information content (AvgIpc) is 2.56. The van der Waals surface area contributed by atoms with Crippen LogP contribution in [0.2, 0.25) is 0 Å². The Kier molecular flexibility index (Phi) is 9.52. The zero-order chi connectivity index (χ0) is 16.4. The summed E-state index contributed by atoms with van der Waals surface area (Å²) in [6.07, 6.45) is 14.4. The highest BCUT2D eigenvalue weighted by Crippen LogP contribution is 2.27. The molecule has 0 N–H and O–H groups in total. The van der Waals surface area contributed by atoms with E-state index in [1.807, 2.05) is 0 Å². The van der Waals surface area contributed by atoms with Gasteiger partial charge in [0.15, 0.2) is 0 Å². The summed E-state index contributed by atoms with van der Waals surface area (Å²) in [6, 6.07) is 2.54. The Morgan fingerprint density at radius 3 is 1.64 bits per heavy atom. The molecule has 0 bridgehead atoms. The summed E-state index contributed by atoms with van der Waals surface area (Å²) in [5.74, 6) is 0. The molecular formula is C22H38. The predicted molar refractivity (Wildman–Crippen MR) is 101 cm³/mol. The fourth-order valence-corrected chi connectivity index (χ4v) is 3.90. The van der Waals surface area contributed by atoms with Crippen molar-refractivity contribution in [1.29, 1.82) is 0 Å². The predicted octanol–water partition coefficient (Wildman–Crippen LogP) is 6.84. The van der Waals surface area contributed by atoms with E-state index >= 15 is 0 Å². The van der Waals surface area contributed by atoms with Crippen molar-refractivity contribution in [2.24, 2.45) is 0 Å². The molecule has 0 aliphatic heterocycles. The minimum Gasteiger partial charge on any atom is -0.0654 e. The van der Waals surface area contributed by atoms with E-state index < -0.39 is 0 Å². The van der Waals surface area contributed by atoms with Gasteiger partial charge in [-0.15, -0.1) is 0 Å². The molecule has 0 saturated carbocycles. The molecule has 1 aromatic rings. The summed E-state index contributed by atoms with van der Waals surface area (Å²) in [7, 11) is 0. The van der Waals surface area contributed by atoms with E-state index in [4.69, 9.17) is 0 Å². The van der Waals surface area contributed by atoms with Crippen LogP contribution in [-0.4, -0.2) is 0 Å². The molecule has 0 radical (unpaired) electrons. The molecule has 0 amide bonds. The Balaban J connectivity index is 2.84. The standard InChI is InChI=1S/C22H38/c1-6-11-12-13-14-15-16-19-17-18(7-2)20(8-3)22(10-5)21(19)9-4/h17H,6-16H2,1-5H3. The summed E-state index contributed by atoms with van der Waals surface area (Å²) in [5.41, 5.74) is 8.26. The first kappa shape index (κ1) is 19.3. The largest absolute Gasteiger partial charge is 0.0654 e. The number of rotatable bonds is 11. The molecule has 0 aliphatic rings. The Hall–Kier alpha value is -0.780. The molecule has 0 fully saturated rings. The van der Waals surface area contributed by atoms with Gasteiger partial charge in [-0.3, -0.25) is 0 Å². The molecule has 0 heteroatoms. The van der Waals surface area contributed by atoms with Gasteiger partial charge in [-0.05, 0) is 66.3 Å². The van der Waals surface area contributed by atoms with Crippen molar-refractivity contribution in [2.75, 3.05) is 0 Å². The highest BCUT2D eigenvalue weighted by Gasteiger charge is 2.13. The number of aryl methyl sites for hydroxylation is 2. The van der Waals surface area contributed by atoms with Gasteiger partial charge in [0.05, 0.1) is 0 Å². The van der Waals surface area contributed by atoms with Gasteiger partial charge in [0, 0.05) is 0 Å². The highest BCUT2D eigenvalue weighted by atomic mass is 14.2. The number of hydrogen-bond acceptors (Lipinski definition) is 0. The summed E-state index contributed by atoms with van der Waals surface area (Å²) in [5, 5.41) is 0. The van der Waals surface area contributed by atoms with Crippen LogP contribution in [0.3, 0.4) is 0 Å². The quantitative estimate of drug-likeness (QED) is 0.392. The minimum absolute atomic E-state index is 1.18. The van der Waals surface area contributed by atoms with Crippen LogP contribution < -0.4 is 0 Å². The Bertz CT molecular complexity index is 428. The third-order valence-corrected chi connectivity index (χ3v) is 5.09. The van der Waals surface area contributed by atoms with Crippen LogP contribution in [0.25, 0.3) is 0 Å². The van der Waals surface area contributed by atoms with Crippen molar-refractivity contribution in [3.05, 3.63) is 33.9 Å². The molecule has 0 heterocycles. The number of benzene rings is 1. The molecular weight excluding hydrogens is 264 g/mol. The molecule has 0 saturated heterocycles. The molecule has 0 aromatic heterocycles. The molecule has 22 heavy (non-hydrogen) atoms. The molecule has 1 aromatic carbocycles. The first-order chi connectivity index (χ1) is 10.7. The van der Waals surface area contributed by atoms with E-state index in [2.05, 4.69) is 40.7 Å². The number of unbranched alkanes of at least 4 members (excludes halogenated alkanes) is 5. The highest BCUT2D eigenvalue weighted by molar-refractivity contribution is 5.46. The summed E-state index contributed by atoms with van der Waals surface area (Å²) >= 11 is 0. The summed E-state index contributed by atoms with van der Waals surface area (Å²) in [6.45, 7) is 11.6. The van der Waals surface area contributed by atoms with Gasteiger partial charge in [-0.2, -0.15) is 0 Å². The molecule has 126 valence electrons. The molecule has 0 spiro atoms. The first-order valence-electron chi connectivity index (χ1n) is 9.88. The van der Waals surface area contributed by atoms with Crippen LogP contribution in [0.1, 0.15) is 101 Å². The fraction of sp³-hybridized carbons (Fsp3) is 0.727. The first-order valence-corrected chi connectivity index (χ1v) is 9.88. The van der Waals surface area contributed by atoms with Crippen molar-refractivity contribution in [1.82, 2.24) is 0 Å². The van der Waals surface area contributed by atoms with Crippen LogP contribution >= 0.6 is 0 Å². The fourth-order valence-electron chi connectivity index (χ4n) is 3.90. The van der Waals surface area contributed by atoms with Crippen LogP contribution in [0.5, 0.6) is 0 Å². The van der Waals surface area contributed by atoms with E-state index in [-0.39, 0.29) is 0 Å². The van der Waals surface area contributed by atoms with Crippen LogP contribution in [0.15, 0.2) is 6.07 Å². The lowest BCUT2D eigenvalue weighted by molar-refractivity contribution is 0.606. The maximum atomic E-state index is 2.54. The van der Waals surface area contributed by atoms with Gasteiger partial charge in [0.2, 0.25) is 0 Å². The van der Waals surface area contributed by atoms with Gasteiger partial charge in [-0.25, -0.2) is 0 Å². The molecule has 1 rings (SSSR count). The maximum absolute atomic E-state index is 2.54. The Labute approximate surface area is 139 Å². The van der Waals surface area contributed by atoms with Crippen LogP contribution in [0.4, 0.5) is 0 Å². The summed E-state index contributed by atoms with van der Waals surface area (Å²) in [4.78, 5) is 0. The second-order valence-electron chi connectivity index (χ2n) is 6.56. The van der Waals surface area contributed by atoms with E-state index in [9.17, 15) is 0 Å². The van der Waals surface area contributed by atoms with Crippen molar-refractivity contribution >= 4 is 0 Å². The van der Waals surface area contributed by atoms with Gasteiger partial charge < -0.3 is 0 Å². The van der Waals surface area contributed by atoms with Gasteiger partial charge in [0.25, 0.3) is 0 Å². The SMILES string of the molecule is CCCCCCCCc1cc(CC)c(CC)c(CC)c1CC. The maximum Gasteiger partial charge on any atom is -0.0276 e. The van der Waals surface area contributed by atoms with E-state index in [1.165, 1.54) is 70.6 Å². The van der Waals surface area contributed by atoms with Crippen LogP contribution in [0, 0.1) is 0 Å². The van der Waals surface area contributed by atoms with Gasteiger partial charge >= 0.3 is 0 Å². The zero-order valence-electron chi connectivity index (χ0n) is 15.9. The van der Waals surface area contributed by atoms with Crippen molar-refractivity contribution in [3.8, 4) is 0 Å². The van der Waals surface area contributed by atoms with Gasteiger partial charge in [-0.1, -0.05) is 72.8 Å². The second-order valence-corrected chi connectivity index (χ2v) is 6.56. The zero-order valence-corrected chi connectivity index (χ0v) is 15.9. The third kappa shape index (κ3) is 5.14. The van der Waals surface area contributed by atoms with Crippen molar-refractivity contribution < 1.29 is 0 Å². The lowest BCUT2D eigenvalue weighted by Crippen LogP contribution is -2.07. The topological polar surface area (TPSA) is 0 Å². The van der Waals surface area contributed by atoms with Crippen LogP contribution in [-0.2, 0) is 32.1 Å². The normalized spacial score (nSPS) is 11.1. The number of hydrogen-bond donors (Lipinski definition) is 0. The Morgan fingerprint density at radius 2 is 1.09 bits per heavy atom. The summed E-state index contributed by atoms with van der Waals surface area (Å²) < 4.78 is 0. The van der Waals surface area contributed by atoms with E-state index in [0.29, 0.717) is 0 Å². The van der Waals surface area contributed by atoms with Crippen molar-refractivity contribution in [3.63, 3.8) is 0 Å². The van der Waals surface area contributed by atoms with Gasteiger partial charge in [0.1, 0.15) is 0 Å². The third-order valence-electron chi connectivity index (χ3n) is 5.09. The lowest BCUT2D eigenvalue weighted by Gasteiger charge is -2.20. The molecule has 0 atom stereocenters. The second kappa shape index (κ2) is 10.9. The monoisotopic (exact) mass is 302 g/mol. The molecule has 0 unspecified atom stereocenters. The lowest BCUT2D eigenvalue weighted by atomic mass is 9.85. The smallest absolute Gasteiger partial charge is 0.0276 e. The Morgan fingerprint density at radius 1 is 0.545 bits per heavy atom.